The predicted octanol–water partition coefficient (Wildman–Crippen LogP) is 2.79. The maximum absolute atomic E-state index is 12.6. The number of carboxylic acid groups (broad SMARTS) is 1. The van der Waals surface area contributed by atoms with Crippen LogP contribution in [0.5, 0.6) is 0 Å². The second kappa shape index (κ2) is 9.60. The van der Waals surface area contributed by atoms with Crippen molar-refractivity contribution in [2.75, 3.05) is 40.3 Å². The van der Waals surface area contributed by atoms with E-state index in [9.17, 15) is 18.0 Å². The first-order chi connectivity index (χ1) is 14.6. The van der Waals surface area contributed by atoms with Crippen molar-refractivity contribution in [2.45, 2.75) is 43.9 Å². The number of amides is 1. The molecule has 3 heterocycles. The number of carbonyl (C=O) groups is 2. The van der Waals surface area contributed by atoms with Crippen molar-refractivity contribution in [2.24, 2.45) is 11.8 Å². The van der Waals surface area contributed by atoms with Crippen molar-refractivity contribution < 1.29 is 32.3 Å². The molecule has 3 atom stereocenters. The number of fused-ring (bicyclic) bond motifs is 1. The van der Waals surface area contributed by atoms with E-state index in [0.717, 1.165) is 32.0 Å². The molecule has 3 aliphatic rings. The maximum Gasteiger partial charge on any atom is 0.490 e. The summed E-state index contributed by atoms with van der Waals surface area (Å²) < 4.78 is 37.0. The number of carboxylic acids is 1. The molecular weight excluding hydrogens is 415 g/mol. The van der Waals surface area contributed by atoms with Crippen LogP contribution in [0.15, 0.2) is 22.8 Å². The molecule has 31 heavy (non-hydrogen) atoms. The van der Waals surface area contributed by atoms with Crippen LogP contribution in [0.3, 0.4) is 0 Å². The summed E-state index contributed by atoms with van der Waals surface area (Å²) in [7, 11) is 4.34. The third-order valence-corrected chi connectivity index (χ3v) is 6.17. The van der Waals surface area contributed by atoms with Crippen molar-refractivity contribution >= 4 is 11.9 Å². The van der Waals surface area contributed by atoms with Crippen LogP contribution in [0, 0.1) is 11.8 Å². The summed E-state index contributed by atoms with van der Waals surface area (Å²) in [6.45, 7) is 4.14. The van der Waals surface area contributed by atoms with E-state index in [2.05, 4.69) is 23.9 Å². The van der Waals surface area contributed by atoms with Crippen molar-refractivity contribution in [3.8, 4) is 0 Å². The van der Waals surface area contributed by atoms with Crippen LogP contribution in [0.4, 0.5) is 13.2 Å². The molecule has 1 aromatic heterocycles. The smallest absolute Gasteiger partial charge is 0.475 e. The molecule has 1 saturated carbocycles. The molecule has 0 unspecified atom stereocenters. The highest BCUT2D eigenvalue weighted by Crippen LogP contribution is 2.40. The lowest BCUT2D eigenvalue weighted by molar-refractivity contribution is -0.192. The predicted molar refractivity (Wildman–Crippen MR) is 107 cm³/mol. The summed E-state index contributed by atoms with van der Waals surface area (Å²) in [5.41, 5.74) is 0. The Morgan fingerprint density at radius 3 is 2.45 bits per heavy atom. The molecule has 10 heteroatoms. The monoisotopic (exact) mass is 445 g/mol. The van der Waals surface area contributed by atoms with E-state index >= 15 is 0 Å². The van der Waals surface area contributed by atoms with Gasteiger partial charge in [0.05, 0.1) is 6.26 Å². The Morgan fingerprint density at radius 1 is 1.26 bits per heavy atom. The summed E-state index contributed by atoms with van der Waals surface area (Å²) in [5, 5.41) is 7.12. The van der Waals surface area contributed by atoms with Gasteiger partial charge in [0, 0.05) is 38.3 Å². The van der Waals surface area contributed by atoms with Gasteiger partial charge in [-0.3, -0.25) is 9.69 Å². The molecule has 1 amide bonds. The van der Waals surface area contributed by atoms with Gasteiger partial charge in [-0.15, -0.1) is 0 Å². The van der Waals surface area contributed by atoms with Gasteiger partial charge in [0.1, 0.15) is 0 Å². The molecule has 0 spiro atoms. The van der Waals surface area contributed by atoms with Gasteiger partial charge in [0.2, 0.25) is 0 Å². The van der Waals surface area contributed by atoms with Crippen LogP contribution >= 0.6 is 0 Å². The second-order valence-corrected chi connectivity index (χ2v) is 8.94. The van der Waals surface area contributed by atoms with Crippen molar-refractivity contribution in [1.29, 1.82) is 0 Å². The van der Waals surface area contributed by atoms with E-state index in [1.807, 2.05) is 4.90 Å². The quantitative estimate of drug-likeness (QED) is 0.751. The van der Waals surface area contributed by atoms with Gasteiger partial charge in [0.15, 0.2) is 5.76 Å². The highest BCUT2D eigenvalue weighted by molar-refractivity contribution is 5.91. The average Bonchev–Trinajstić information content (AvgIpc) is 3.21. The molecular formula is C21H30F3N3O4. The highest BCUT2D eigenvalue weighted by Gasteiger charge is 2.46. The summed E-state index contributed by atoms with van der Waals surface area (Å²) in [6, 6.07) is 4.88. The molecule has 174 valence electrons. The Labute approximate surface area is 179 Å². The van der Waals surface area contributed by atoms with E-state index in [0.29, 0.717) is 23.8 Å². The number of likely N-dealkylation sites (N-methyl/N-ethyl adjacent to an activating group) is 1. The maximum atomic E-state index is 12.6. The molecule has 1 aromatic rings. The minimum absolute atomic E-state index is 0.0586. The first-order valence-corrected chi connectivity index (χ1v) is 10.6. The Morgan fingerprint density at radius 2 is 1.94 bits per heavy atom. The normalized spacial score (nSPS) is 26.4. The number of carbonyl (C=O) groups excluding carboxylic acids is 1. The van der Waals surface area contributed by atoms with Gasteiger partial charge < -0.3 is 19.3 Å². The van der Waals surface area contributed by atoms with Crippen LogP contribution in [-0.2, 0) is 4.79 Å². The molecule has 0 bridgehead atoms. The molecule has 2 aliphatic heterocycles. The van der Waals surface area contributed by atoms with Crippen LogP contribution < -0.4 is 0 Å². The zero-order chi connectivity index (χ0) is 22.8. The Kier molecular flexibility index (Phi) is 7.31. The number of likely N-dealkylation sites (tertiary alicyclic amines) is 2. The molecule has 1 aliphatic carbocycles. The number of hydrogen-bond donors (Lipinski definition) is 1. The van der Waals surface area contributed by atoms with Gasteiger partial charge in [-0.25, -0.2) is 4.79 Å². The summed E-state index contributed by atoms with van der Waals surface area (Å²) in [5.74, 6) is -0.681. The van der Waals surface area contributed by atoms with Crippen LogP contribution in [-0.4, -0.2) is 90.2 Å². The summed E-state index contributed by atoms with van der Waals surface area (Å²) >= 11 is 0. The third kappa shape index (κ3) is 6.22. The van der Waals surface area contributed by atoms with Crippen LogP contribution in [0.2, 0.25) is 0 Å². The van der Waals surface area contributed by atoms with Crippen molar-refractivity contribution in [3.63, 3.8) is 0 Å². The fourth-order valence-corrected chi connectivity index (χ4v) is 4.67. The topological polar surface area (TPSA) is 77.2 Å². The first kappa shape index (κ1) is 23.6. The molecule has 0 radical (unpaired) electrons. The number of hydrogen-bond acceptors (Lipinski definition) is 5. The zero-order valence-electron chi connectivity index (χ0n) is 17.8. The third-order valence-electron chi connectivity index (χ3n) is 6.17. The van der Waals surface area contributed by atoms with E-state index in [1.54, 1.807) is 18.4 Å². The zero-order valence-corrected chi connectivity index (χ0v) is 17.8. The average molecular weight is 445 g/mol. The lowest BCUT2D eigenvalue weighted by Gasteiger charge is -2.38. The lowest BCUT2D eigenvalue weighted by atomic mass is 9.92. The number of halogens is 3. The van der Waals surface area contributed by atoms with E-state index in [-0.39, 0.29) is 5.91 Å². The number of alkyl halides is 3. The lowest BCUT2D eigenvalue weighted by Crippen LogP contribution is -2.49. The molecule has 4 rings (SSSR count). The van der Waals surface area contributed by atoms with Crippen molar-refractivity contribution in [3.05, 3.63) is 24.2 Å². The van der Waals surface area contributed by atoms with Gasteiger partial charge >= 0.3 is 12.1 Å². The van der Waals surface area contributed by atoms with E-state index in [1.165, 1.54) is 25.8 Å². The number of rotatable bonds is 5. The number of furan rings is 1. The molecule has 0 aromatic carbocycles. The molecule has 3 fully saturated rings. The summed E-state index contributed by atoms with van der Waals surface area (Å²) in [4.78, 5) is 28.6. The van der Waals surface area contributed by atoms with Crippen molar-refractivity contribution in [1.82, 2.24) is 14.7 Å². The summed E-state index contributed by atoms with van der Waals surface area (Å²) in [6.07, 6.45) is 1.64. The van der Waals surface area contributed by atoms with Gasteiger partial charge in [0.25, 0.3) is 5.91 Å². The largest absolute Gasteiger partial charge is 0.490 e. The van der Waals surface area contributed by atoms with Crippen LogP contribution in [0.1, 0.15) is 36.2 Å². The fourth-order valence-electron chi connectivity index (χ4n) is 4.67. The first-order valence-electron chi connectivity index (χ1n) is 10.6. The van der Waals surface area contributed by atoms with E-state index in [4.69, 9.17) is 14.3 Å². The Balaban J connectivity index is 0.000000339. The minimum Gasteiger partial charge on any atom is -0.475 e. The molecule has 7 nitrogen and oxygen atoms in total. The highest BCUT2D eigenvalue weighted by atomic mass is 19.4. The van der Waals surface area contributed by atoms with E-state index < -0.39 is 12.1 Å². The second-order valence-electron chi connectivity index (χ2n) is 8.94. The fraction of sp³-hybridized carbons (Fsp3) is 0.714. The molecule has 1 N–H and O–H groups in total. The SMILES string of the molecule is CN(C)C[C@@H]1C[C@@H]2CN(C(=O)c3ccco3)CC[C@@H]2N1CC1CC1.O=C(O)C(F)(F)F. The Hall–Kier alpha value is -2.07. The van der Waals surface area contributed by atoms with Gasteiger partial charge in [-0.2, -0.15) is 13.2 Å². The number of piperidine rings is 1. The number of aliphatic carboxylic acids is 1. The standard InChI is InChI=1S/C19H29N3O2.C2HF3O2/c1-20(2)13-16-10-15-12-21(19(23)18-4-3-9-24-18)8-7-17(15)22(16)11-14-5-6-14;3-2(4,5)1(6)7/h3-4,9,14-17H,5-8,10-13H2,1-2H3;(H,6,7)/t15-,16+,17+;/m1./s1. The number of nitrogens with zero attached hydrogens (tertiary/aromatic N) is 3. The molecule has 2 saturated heterocycles. The minimum atomic E-state index is -5.08. The Bertz CT molecular complexity index is 750. The van der Waals surface area contributed by atoms with Gasteiger partial charge in [-0.1, -0.05) is 0 Å². The van der Waals surface area contributed by atoms with Crippen LogP contribution in [0.25, 0.3) is 0 Å². The van der Waals surface area contributed by atoms with Gasteiger partial charge in [-0.05, 0) is 63.7 Å².